The van der Waals surface area contributed by atoms with Gasteiger partial charge in [-0.25, -0.2) is 4.79 Å². The summed E-state index contributed by atoms with van der Waals surface area (Å²) in [7, 11) is 0. The lowest BCUT2D eigenvalue weighted by Crippen LogP contribution is -2.48. The molecule has 28 heavy (non-hydrogen) atoms. The summed E-state index contributed by atoms with van der Waals surface area (Å²) >= 11 is 0. The molecule has 2 aromatic rings. The Morgan fingerprint density at radius 1 is 0.964 bits per heavy atom. The van der Waals surface area contributed by atoms with Gasteiger partial charge in [-0.1, -0.05) is 48.5 Å². The first kappa shape index (κ1) is 18.7. The van der Waals surface area contributed by atoms with Crippen LogP contribution in [0.4, 0.5) is 4.79 Å². The predicted molar refractivity (Wildman–Crippen MR) is 108 cm³/mol. The van der Waals surface area contributed by atoms with E-state index in [1.165, 1.54) is 0 Å². The number of ether oxygens (including phenoxy) is 1. The highest BCUT2D eigenvalue weighted by Crippen LogP contribution is 2.40. The summed E-state index contributed by atoms with van der Waals surface area (Å²) in [5.41, 5.74) is 4.05. The first-order valence-electron chi connectivity index (χ1n) is 10.1. The summed E-state index contributed by atoms with van der Waals surface area (Å²) < 4.78 is 5.57. The van der Waals surface area contributed by atoms with E-state index in [-0.39, 0.29) is 29.9 Å². The van der Waals surface area contributed by atoms with Gasteiger partial charge < -0.3 is 9.64 Å². The van der Waals surface area contributed by atoms with Crippen LogP contribution in [0, 0.1) is 19.8 Å². The van der Waals surface area contributed by atoms with E-state index >= 15 is 0 Å². The Morgan fingerprint density at radius 2 is 1.64 bits per heavy atom. The second-order valence-corrected chi connectivity index (χ2v) is 8.11. The van der Waals surface area contributed by atoms with Gasteiger partial charge in [0.1, 0.15) is 6.61 Å². The molecule has 2 saturated heterocycles. The van der Waals surface area contributed by atoms with E-state index in [9.17, 15) is 9.59 Å². The van der Waals surface area contributed by atoms with Crippen molar-refractivity contribution in [3.63, 3.8) is 0 Å². The lowest BCUT2D eigenvalue weighted by atomic mass is 9.83. The fraction of sp³-hybridized carbons (Fsp3) is 0.417. The Balaban J connectivity index is 1.42. The van der Waals surface area contributed by atoms with Crippen molar-refractivity contribution in [2.24, 2.45) is 5.92 Å². The van der Waals surface area contributed by atoms with Crippen LogP contribution in [0.5, 0.6) is 0 Å². The van der Waals surface area contributed by atoms with Crippen LogP contribution in [0.25, 0.3) is 0 Å². The van der Waals surface area contributed by atoms with E-state index in [0.717, 1.165) is 47.9 Å². The third-order valence-corrected chi connectivity index (χ3v) is 6.39. The minimum atomic E-state index is -0.242. The number of rotatable bonds is 4. The van der Waals surface area contributed by atoms with Gasteiger partial charge >= 0.3 is 6.09 Å². The zero-order valence-electron chi connectivity index (χ0n) is 16.6. The smallest absolute Gasteiger partial charge is 0.410 e. The molecule has 4 rings (SSSR count). The van der Waals surface area contributed by atoms with E-state index in [2.05, 4.69) is 0 Å². The molecule has 4 heteroatoms. The largest absolute Gasteiger partial charge is 0.445 e. The minimum Gasteiger partial charge on any atom is -0.445 e. The zero-order chi connectivity index (χ0) is 19.7. The number of fused-ring (bicyclic) bond motifs is 2. The van der Waals surface area contributed by atoms with Gasteiger partial charge in [-0.3, -0.25) is 4.79 Å². The Bertz CT molecular complexity index is 863. The summed E-state index contributed by atoms with van der Waals surface area (Å²) in [5, 5.41) is 0. The number of benzene rings is 2. The van der Waals surface area contributed by atoms with Gasteiger partial charge in [0.15, 0.2) is 5.78 Å². The molecule has 2 aliphatic heterocycles. The number of aryl methyl sites for hydroxylation is 1. The Kier molecular flexibility index (Phi) is 5.21. The number of hydrogen-bond donors (Lipinski definition) is 0. The zero-order valence-corrected chi connectivity index (χ0v) is 16.6. The quantitative estimate of drug-likeness (QED) is 0.699. The van der Waals surface area contributed by atoms with Crippen molar-refractivity contribution < 1.29 is 14.3 Å². The molecule has 146 valence electrons. The molecule has 0 aliphatic carbocycles. The van der Waals surface area contributed by atoms with E-state index < -0.39 is 0 Å². The molecule has 4 nitrogen and oxygen atoms in total. The molecule has 0 N–H and O–H groups in total. The predicted octanol–water partition coefficient (Wildman–Crippen LogP) is 5.07. The number of piperidine rings is 1. The molecule has 0 saturated carbocycles. The second-order valence-electron chi connectivity index (χ2n) is 8.11. The molecule has 2 fully saturated rings. The highest BCUT2D eigenvalue weighted by atomic mass is 16.6. The normalized spacial score (nSPS) is 23.5. The van der Waals surface area contributed by atoms with Gasteiger partial charge in [0, 0.05) is 23.6 Å². The van der Waals surface area contributed by atoms with Crippen molar-refractivity contribution >= 4 is 11.9 Å². The van der Waals surface area contributed by atoms with Gasteiger partial charge in [0.2, 0.25) is 0 Å². The Labute approximate surface area is 166 Å². The molecule has 2 bridgehead atoms. The van der Waals surface area contributed by atoms with Crippen molar-refractivity contribution in [3.8, 4) is 0 Å². The third kappa shape index (κ3) is 3.56. The number of Topliss-reactive ketones (excluding diaryl/α,β-unsaturated/α-hetero) is 1. The molecule has 0 spiro atoms. The summed E-state index contributed by atoms with van der Waals surface area (Å²) in [5.74, 6) is 0.228. The lowest BCUT2D eigenvalue weighted by molar-refractivity contribution is 0.0485. The molecule has 2 aliphatic rings. The monoisotopic (exact) mass is 377 g/mol. The van der Waals surface area contributed by atoms with Crippen LogP contribution in [0.15, 0.2) is 48.5 Å². The number of ketones is 1. The van der Waals surface area contributed by atoms with Crippen molar-refractivity contribution in [3.05, 3.63) is 70.8 Å². The Hall–Kier alpha value is -2.62. The summed E-state index contributed by atoms with van der Waals surface area (Å²) in [6, 6.07) is 15.9. The van der Waals surface area contributed by atoms with Crippen LogP contribution in [-0.4, -0.2) is 28.9 Å². The molecule has 2 aromatic carbocycles. The van der Waals surface area contributed by atoms with Crippen LogP contribution >= 0.6 is 0 Å². The van der Waals surface area contributed by atoms with Crippen LogP contribution in [0.2, 0.25) is 0 Å². The lowest BCUT2D eigenvalue weighted by Gasteiger charge is -2.37. The summed E-state index contributed by atoms with van der Waals surface area (Å²) in [4.78, 5) is 27.7. The van der Waals surface area contributed by atoms with Crippen molar-refractivity contribution in [1.29, 1.82) is 0 Å². The molecular formula is C24H27NO3. The van der Waals surface area contributed by atoms with Crippen LogP contribution in [-0.2, 0) is 11.3 Å². The van der Waals surface area contributed by atoms with E-state index in [4.69, 9.17) is 4.74 Å². The number of nitrogens with zero attached hydrogens (tertiary/aromatic N) is 1. The van der Waals surface area contributed by atoms with Gasteiger partial charge in [-0.15, -0.1) is 0 Å². The number of carbonyl (C=O) groups is 2. The van der Waals surface area contributed by atoms with Crippen molar-refractivity contribution in [2.75, 3.05) is 0 Å². The van der Waals surface area contributed by atoms with E-state index in [1.54, 1.807) is 0 Å². The molecule has 0 radical (unpaired) electrons. The second kappa shape index (κ2) is 7.78. The van der Waals surface area contributed by atoms with E-state index in [1.807, 2.05) is 67.3 Å². The molecule has 1 amide bonds. The third-order valence-electron chi connectivity index (χ3n) is 6.39. The van der Waals surface area contributed by atoms with Gasteiger partial charge in [-0.2, -0.15) is 0 Å². The first-order valence-corrected chi connectivity index (χ1v) is 10.1. The van der Waals surface area contributed by atoms with Gasteiger partial charge in [-0.05, 0) is 56.2 Å². The number of amides is 1. The molecule has 0 aromatic heterocycles. The van der Waals surface area contributed by atoms with Crippen molar-refractivity contribution in [1.82, 2.24) is 4.90 Å². The maximum absolute atomic E-state index is 13.1. The Morgan fingerprint density at radius 3 is 2.32 bits per heavy atom. The SMILES string of the molecule is Cc1cccc(C(=O)C2CC3CCC(C2)N3C(=O)OCc2ccccc2)c1C. The van der Waals surface area contributed by atoms with Gasteiger partial charge in [0.05, 0.1) is 0 Å². The highest BCUT2D eigenvalue weighted by Gasteiger charge is 2.46. The van der Waals surface area contributed by atoms with Gasteiger partial charge in [0.25, 0.3) is 0 Å². The average Bonchev–Trinajstić information content (AvgIpc) is 2.98. The molecule has 2 unspecified atom stereocenters. The molecular weight excluding hydrogens is 350 g/mol. The molecule has 2 atom stereocenters. The fourth-order valence-corrected chi connectivity index (χ4v) is 4.72. The summed E-state index contributed by atoms with van der Waals surface area (Å²) in [6.45, 7) is 4.36. The maximum Gasteiger partial charge on any atom is 0.410 e. The van der Waals surface area contributed by atoms with E-state index in [0.29, 0.717) is 6.61 Å². The standard InChI is InChI=1S/C24H27NO3/c1-16-7-6-10-22(17(16)2)23(26)19-13-20-11-12-21(14-19)25(20)24(27)28-15-18-8-4-3-5-9-18/h3-10,19-21H,11-15H2,1-2H3. The maximum atomic E-state index is 13.1. The van der Waals surface area contributed by atoms with Crippen molar-refractivity contribution in [2.45, 2.75) is 58.2 Å². The molecule has 2 heterocycles. The van der Waals surface area contributed by atoms with Crippen LogP contribution in [0.3, 0.4) is 0 Å². The highest BCUT2D eigenvalue weighted by molar-refractivity contribution is 5.99. The first-order chi connectivity index (χ1) is 13.5. The summed E-state index contributed by atoms with van der Waals surface area (Å²) in [6.07, 6.45) is 3.16. The van der Waals surface area contributed by atoms with Crippen LogP contribution < -0.4 is 0 Å². The topological polar surface area (TPSA) is 46.6 Å². The number of hydrogen-bond acceptors (Lipinski definition) is 3. The number of carbonyl (C=O) groups excluding carboxylic acids is 2. The average molecular weight is 377 g/mol. The fourth-order valence-electron chi connectivity index (χ4n) is 4.72. The minimum absolute atomic E-state index is 0.00354. The van der Waals surface area contributed by atoms with Crippen LogP contribution in [0.1, 0.15) is 52.7 Å².